The van der Waals surface area contributed by atoms with Crippen LogP contribution in [-0.4, -0.2) is 61.3 Å². The largest absolute Gasteiger partial charge is 0.492 e. The van der Waals surface area contributed by atoms with Crippen molar-refractivity contribution in [3.05, 3.63) is 18.2 Å². The molecule has 0 atom stereocenters. The SMILES string of the molecule is CCOc1ccc(NC(=O)CSc2nnc(NC)s2)cc1S(=O)(=O)N1CCCCC1. The lowest BCUT2D eigenvalue weighted by molar-refractivity contribution is -0.113. The van der Waals surface area contributed by atoms with Crippen molar-refractivity contribution in [2.24, 2.45) is 0 Å². The number of anilines is 2. The van der Waals surface area contributed by atoms with Gasteiger partial charge in [-0.25, -0.2) is 8.42 Å². The molecule has 0 unspecified atom stereocenters. The predicted molar refractivity (Wildman–Crippen MR) is 119 cm³/mol. The first-order valence-corrected chi connectivity index (χ1v) is 12.9. The molecule has 1 fully saturated rings. The maximum atomic E-state index is 13.2. The molecule has 12 heteroatoms. The van der Waals surface area contributed by atoms with E-state index in [1.807, 2.05) is 0 Å². The van der Waals surface area contributed by atoms with Crippen LogP contribution in [0.3, 0.4) is 0 Å². The molecule has 0 aliphatic carbocycles. The quantitative estimate of drug-likeness (QED) is 0.537. The molecule has 0 saturated carbocycles. The Hall–Kier alpha value is -1.89. The molecule has 3 rings (SSSR count). The fraction of sp³-hybridized carbons (Fsp3) is 0.500. The minimum Gasteiger partial charge on any atom is -0.492 e. The second kappa shape index (κ2) is 10.4. The number of hydrogen-bond donors (Lipinski definition) is 2. The zero-order valence-electron chi connectivity index (χ0n) is 16.9. The van der Waals surface area contributed by atoms with Gasteiger partial charge >= 0.3 is 0 Å². The molecule has 0 spiro atoms. The first-order chi connectivity index (χ1) is 14.4. The first kappa shape index (κ1) is 22.8. The summed E-state index contributed by atoms with van der Waals surface area (Å²) >= 11 is 2.63. The van der Waals surface area contributed by atoms with Crippen molar-refractivity contribution in [1.29, 1.82) is 0 Å². The number of ether oxygens (including phenoxy) is 1. The highest BCUT2D eigenvalue weighted by Crippen LogP contribution is 2.32. The number of benzene rings is 1. The third-order valence-corrected chi connectivity index (χ3v) is 8.40. The summed E-state index contributed by atoms with van der Waals surface area (Å²) in [6, 6.07) is 4.71. The lowest BCUT2D eigenvalue weighted by Gasteiger charge is -2.27. The summed E-state index contributed by atoms with van der Waals surface area (Å²) < 4.78 is 34.1. The van der Waals surface area contributed by atoms with Crippen LogP contribution in [0.4, 0.5) is 10.8 Å². The third-order valence-electron chi connectivity index (χ3n) is 4.41. The van der Waals surface area contributed by atoms with Crippen LogP contribution in [0.1, 0.15) is 26.2 Å². The number of piperidine rings is 1. The van der Waals surface area contributed by atoms with E-state index < -0.39 is 10.0 Å². The Bertz CT molecular complexity index is 974. The van der Waals surface area contributed by atoms with Crippen molar-refractivity contribution in [1.82, 2.24) is 14.5 Å². The van der Waals surface area contributed by atoms with Gasteiger partial charge in [0.1, 0.15) is 10.6 Å². The molecular weight excluding hydrogens is 446 g/mol. The highest BCUT2D eigenvalue weighted by atomic mass is 32.2. The Morgan fingerprint density at radius 1 is 1.27 bits per heavy atom. The Kier molecular flexibility index (Phi) is 7.92. The maximum absolute atomic E-state index is 13.2. The Morgan fingerprint density at radius 2 is 2.03 bits per heavy atom. The fourth-order valence-corrected chi connectivity index (χ4v) is 6.18. The molecule has 30 heavy (non-hydrogen) atoms. The minimum atomic E-state index is -3.70. The van der Waals surface area contributed by atoms with E-state index in [-0.39, 0.29) is 16.6 Å². The molecule has 1 amide bonds. The molecule has 9 nitrogen and oxygen atoms in total. The third kappa shape index (κ3) is 5.62. The molecule has 0 radical (unpaired) electrons. The summed E-state index contributed by atoms with van der Waals surface area (Å²) in [5.74, 6) is 0.176. The molecule has 164 valence electrons. The zero-order valence-corrected chi connectivity index (χ0v) is 19.3. The number of nitrogens with one attached hydrogen (secondary N) is 2. The van der Waals surface area contributed by atoms with Crippen LogP contribution >= 0.6 is 23.1 Å². The molecule has 2 N–H and O–H groups in total. The number of nitrogens with zero attached hydrogens (tertiary/aromatic N) is 3. The minimum absolute atomic E-state index is 0.0829. The molecule has 0 bridgehead atoms. The molecule has 1 aromatic heterocycles. The van der Waals surface area contributed by atoms with Gasteiger partial charge in [0.05, 0.1) is 12.4 Å². The molecule has 1 aliphatic heterocycles. The molecule has 2 heterocycles. The van der Waals surface area contributed by atoms with Crippen molar-refractivity contribution in [3.63, 3.8) is 0 Å². The monoisotopic (exact) mass is 471 g/mol. The molecule has 1 aliphatic rings. The zero-order chi connectivity index (χ0) is 21.6. The second-order valence-corrected chi connectivity index (χ2v) is 10.6. The number of amides is 1. The average molecular weight is 472 g/mol. The van der Waals surface area contributed by atoms with Gasteiger partial charge in [-0.15, -0.1) is 10.2 Å². The standard InChI is InChI=1S/C18H25N5O4S3/c1-3-27-14-8-7-13(11-15(14)30(25,26)23-9-5-4-6-10-23)20-16(24)12-28-18-22-21-17(19-2)29-18/h7-8,11H,3-6,9-10,12H2,1-2H3,(H,19,21)(H,20,24). The van der Waals surface area contributed by atoms with E-state index in [1.165, 1.54) is 33.5 Å². The highest BCUT2D eigenvalue weighted by Gasteiger charge is 2.29. The number of carbonyl (C=O) groups is 1. The maximum Gasteiger partial charge on any atom is 0.246 e. The predicted octanol–water partition coefficient (Wildman–Crippen LogP) is 2.88. The number of hydrogen-bond acceptors (Lipinski definition) is 9. The van der Waals surface area contributed by atoms with Crippen molar-refractivity contribution >= 4 is 49.8 Å². The van der Waals surface area contributed by atoms with Crippen LogP contribution in [0, 0.1) is 0 Å². The van der Waals surface area contributed by atoms with Gasteiger partial charge in [0.15, 0.2) is 4.34 Å². The number of rotatable bonds is 9. The van der Waals surface area contributed by atoms with E-state index in [0.717, 1.165) is 19.3 Å². The van der Waals surface area contributed by atoms with Crippen LogP contribution in [0.2, 0.25) is 0 Å². The van der Waals surface area contributed by atoms with Gasteiger partial charge in [0, 0.05) is 25.8 Å². The Balaban J connectivity index is 1.73. The van der Waals surface area contributed by atoms with Crippen LogP contribution in [0.5, 0.6) is 5.75 Å². The van der Waals surface area contributed by atoms with Gasteiger partial charge in [-0.1, -0.05) is 29.5 Å². The smallest absolute Gasteiger partial charge is 0.246 e. The summed E-state index contributed by atoms with van der Waals surface area (Å²) in [5.41, 5.74) is 0.410. The lowest BCUT2D eigenvalue weighted by atomic mass is 10.2. The average Bonchev–Trinajstić information content (AvgIpc) is 3.22. The van der Waals surface area contributed by atoms with E-state index in [9.17, 15) is 13.2 Å². The Labute approximate surface area is 184 Å². The fourth-order valence-electron chi connectivity index (χ4n) is 3.00. The molecule has 1 aromatic carbocycles. The van der Waals surface area contributed by atoms with Crippen LogP contribution in [0.15, 0.2) is 27.4 Å². The first-order valence-electron chi connectivity index (χ1n) is 9.65. The van der Waals surface area contributed by atoms with Gasteiger partial charge in [0.2, 0.25) is 21.1 Å². The van der Waals surface area contributed by atoms with Gasteiger partial charge in [-0.3, -0.25) is 4.79 Å². The summed E-state index contributed by atoms with van der Waals surface area (Å²) in [6.07, 6.45) is 2.72. The van der Waals surface area contributed by atoms with E-state index in [4.69, 9.17) is 4.74 Å². The van der Waals surface area contributed by atoms with Crippen molar-refractivity contribution in [2.45, 2.75) is 35.4 Å². The Morgan fingerprint density at radius 3 is 2.70 bits per heavy atom. The highest BCUT2D eigenvalue weighted by molar-refractivity contribution is 8.01. The number of aromatic nitrogens is 2. The van der Waals surface area contributed by atoms with E-state index in [2.05, 4.69) is 20.8 Å². The summed E-state index contributed by atoms with van der Waals surface area (Å²) in [4.78, 5) is 12.4. The van der Waals surface area contributed by atoms with Crippen molar-refractivity contribution in [2.75, 3.05) is 43.1 Å². The summed E-state index contributed by atoms with van der Waals surface area (Å²) in [7, 11) is -1.95. The molecule has 2 aromatic rings. The topological polar surface area (TPSA) is 114 Å². The lowest BCUT2D eigenvalue weighted by Crippen LogP contribution is -2.35. The van der Waals surface area contributed by atoms with Crippen LogP contribution < -0.4 is 15.4 Å². The van der Waals surface area contributed by atoms with Gasteiger partial charge in [0.25, 0.3) is 0 Å². The van der Waals surface area contributed by atoms with Crippen LogP contribution in [0.25, 0.3) is 0 Å². The van der Waals surface area contributed by atoms with Gasteiger partial charge in [-0.05, 0) is 38.0 Å². The number of sulfonamides is 1. The van der Waals surface area contributed by atoms with Gasteiger partial charge < -0.3 is 15.4 Å². The number of carbonyl (C=O) groups excluding carboxylic acids is 1. The number of thioether (sulfide) groups is 1. The van der Waals surface area contributed by atoms with Crippen LogP contribution in [-0.2, 0) is 14.8 Å². The van der Waals surface area contributed by atoms with E-state index in [0.29, 0.717) is 40.6 Å². The second-order valence-electron chi connectivity index (χ2n) is 6.52. The summed E-state index contributed by atoms with van der Waals surface area (Å²) in [6.45, 7) is 3.15. The van der Waals surface area contributed by atoms with Crippen molar-refractivity contribution < 1.29 is 17.9 Å². The van der Waals surface area contributed by atoms with Crippen molar-refractivity contribution in [3.8, 4) is 5.75 Å². The summed E-state index contributed by atoms with van der Waals surface area (Å²) in [5, 5.41) is 14.2. The molecular formula is C18H25N5O4S3. The molecule has 1 saturated heterocycles. The van der Waals surface area contributed by atoms with Gasteiger partial charge in [-0.2, -0.15) is 4.31 Å². The normalized spacial score (nSPS) is 15.0. The van der Waals surface area contributed by atoms with E-state index >= 15 is 0 Å². The van der Waals surface area contributed by atoms with E-state index in [1.54, 1.807) is 26.1 Å².